The molecule has 4 heteroatoms. The second-order valence-corrected chi connectivity index (χ2v) is 5.31. The van der Waals surface area contributed by atoms with Crippen LogP contribution >= 0.6 is 0 Å². The fourth-order valence-corrected chi connectivity index (χ4v) is 2.49. The molecule has 3 N–H and O–H groups in total. The molecule has 17 heavy (non-hydrogen) atoms. The van der Waals surface area contributed by atoms with Gasteiger partial charge >= 0.3 is 0 Å². The van der Waals surface area contributed by atoms with E-state index in [9.17, 15) is 4.79 Å². The molecule has 0 aromatic rings. The first-order chi connectivity index (χ1) is 8.14. The summed E-state index contributed by atoms with van der Waals surface area (Å²) in [5.41, 5.74) is -0.220. The molecule has 1 aliphatic rings. The fraction of sp³-hybridized carbons (Fsp3) is 0.923. The first-order valence-corrected chi connectivity index (χ1v) is 6.74. The smallest absolute Gasteiger partial charge is 0.227 e. The number of hydrogen-bond donors (Lipinski definition) is 3. The zero-order valence-electron chi connectivity index (χ0n) is 11.1. The van der Waals surface area contributed by atoms with E-state index in [0.29, 0.717) is 6.54 Å². The second kappa shape index (κ2) is 6.97. The van der Waals surface area contributed by atoms with Crippen molar-refractivity contribution in [3.05, 3.63) is 0 Å². The van der Waals surface area contributed by atoms with Gasteiger partial charge in [0.2, 0.25) is 5.91 Å². The lowest BCUT2D eigenvalue weighted by Crippen LogP contribution is -2.51. The summed E-state index contributed by atoms with van der Waals surface area (Å²) >= 11 is 0. The maximum Gasteiger partial charge on any atom is 0.227 e. The molecule has 1 fully saturated rings. The normalized spacial score (nSPS) is 26.5. The maximum absolute atomic E-state index is 12.3. The number of aliphatic hydroxyl groups is 1. The molecule has 1 heterocycles. The van der Waals surface area contributed by atoms with E-state index in [1.165, 1.54) is 0 Å². The van der Waals surface area contributed by atoms with Gasteiger partial charge in [0.25, 0.3) is 0 Å². The second-order valence-electron chi connectivity index (χ2n) is 5.31. The highest BCUT2D eigenvalue weighted by molar-refractivity contribution is 5.83. The summed E-state index contributed by atoms with van der Waals surface area (Å²) in [7, 11) is 0. The Morgan fingerprint density at radius 3 is 2.88 bits per heavy atom. The predicted molar refractivity (Wildman–Crippen MR) is 68.7 cm³/mol. The van der Waals surface area contributed by atoms with E-state index in [1.807, 2.05) is 6.92 Å². The average molecular weight is 242 g/mol. The summed E-state index contributed by atoms with van der Waals surface area (Å²) in [6, 6.07) is 0. The van der Waals surface area contributed by atoms with Crippen molar-refractivity contribution in [3.8, 4) is 0 Å². The van der Waals surface area contributed by atoms with Gasteiger partial charge in [0.05, 0.1) is 5.41 Å². The minimum atomic E-state index is -0.220. The minimum Gasteiger partial charge on any atom is -0.396 e. The summed E-state index contributed by atoms with van der Waals surface area (Å²) in [6.45, 7) is 6.57. The number of aliphatic hydroxyl groups excluding tert-OH is 1. The Bertz CT molecular complexity index is 232. The van der Waals surface area contributed by atoms with Crippen LogP contribution in [0.5, 0.6) is 0 Å². The first kappa shape index (κ1) is 14.5. The summed E-state index contributed by atoms with van der Waals surface area (Å²) in [4.78, 5) is 12.3. The van der Waals surface area contributed by atoms with E-state index < -0.39 is 0 Å². The Hall–Kier alpha value is -0.610. The van der Waals surface area contributed by atoms with Crippen LogP contribution in [0, 0.1) is 11.3 Å². The van der Waals surface area contributed by atoms with E-state index in [4.69, 9.17) is 5.11 Å². The fourth-order valence-electron chi connectivity index (χ4n) is 2.49. The number of carbonyl (C=O) groups is 1. The van der Waals surface area contributed by atoms with Crippen molar-refractivity contribution in [1.29, 1.82) is 0 Å². The first-order valence-electron chi connectivity index (χ1n) is 6.74. The zero-order chi connectivity index (χ0) is 12.7. The molecule has 2 atom stereocenters. The van der Waals surface area contributed by atoms with E-state index in [2.05, 4.69) is 17.6 Å². The van der Waals surface area contributed by atoms with Gasteiger partial charge < -0.3 is 15.7 Å². The summed E-state index contributed by atoms with van der Waals surface area (Å²) in [5, 5.41) is 15.3. The lowest BCUT2D eigenvalue weighted by Gasteiger charge is -2.36. The minimum absolute atomic E-state index is 0.124. The molecule has 2 unspecified atom stereocenters. The average Bonchev–Trinajstić information content (AvgIpc) is 2.36. The number of carbonyl (C=O) groups excluding carboxylic acids is 1. The molecular weight excluding hydrogens is 216 g/mol. The molecule has 1 rings (SSSR count). The number of amides is 1. The van der Waals surface area contributed by atoms with Gasteiger partial charge in [-0.3, -0.25) is 4.79 Å². The van der Waals surface area contributed by atoms with Crippen LogP contribution < -0.4 is 10.6 Å². The molecular formula is C13H26N2O2. The molecule has 1 aliphatic heterocycles. The molecule has 4 nitrogen and oxygen atoms in total. The van der Waals surface area contributed by atoms with Gasteiger partial charge in [-0.1, -0.05) is 20.3 Å². The van der Waals surface area contributed by atoms with Gasteiger partial charge in [0.15, 0.2) is 0 Å². The molecule has 1 saturated heterocycles. The van der Waals surface area contributed by atoms with E-state index in [1.54, 1.807) is 0 Å². The quantitative estimate of drug-likeness (QED) is 0.648. The number of hydrogen-bond acceptors (Lipinski definition) is 3. The lowest BCUT2D eigenvalue weighted by molar-refractivity contribution is -0.132. The number of nitrogens with one attached hydrogen (secondary N) is 2. The van der Waals surface area contributed by atoms with Crippen molar-refractivity contribution in [1.82, 2.24) is 10.6 Å². The van der Waals surface area contributed by atoms with Gasteiger partial charge in [-0.05, 0) is 31.7 Å². The maximum atomic E-state index is 12.3. The topological polar surface area (TPSA) is 61.4 Å². The summed E-state index contributed by atoms with van der Waals surface area (Å²) < 4.78 is 0. The largest absolute Gasteiger partial charge is 0.396 e. The van der Waals surface area contributed by atoms with Gasteiger partial charge in [0.1, 0.15) is 0 Å². The summed E-state index contributed by atoms with van der Waals surface area (Å²) in [5.74, 6) is 0.293. The standard InChI is InChI=1S/C13H26N2O2/c1-3-5-13(6-4-7-14-10-13)12(17)15-8-11(2)9-16/h11,14,16H,3-10H2,1-2H3,(H,15,17). The number of rotatable bonds is 6. The highest BCUT2D eigenvalue weighted by Crippen LogP contribution is 2.31. The van der Waals surface area contributed by atoms with Gasteiger partial charge in [-0.15, -0.1) is 0 Å². The van der Waals surface area contributed by atoms with Crippen LogP contribution in [0.4, 0.5) is 0 Å². The van der Waals surface area contributed by atoms with Crippen LogP contribution in [0.1, 0.15) is 39.5 Å². The van der Waals surface area contributed by atoms with Crippen molar-refractivity contribution in [2.75, 3.05) is 26.2 Å². The van der Waals surface area contributed by atoms with E-state index >= 15 is 0 Å². The highest BCUT2D eigenvalue weighted by Gasteiger charge is 2.38. The van der Waals surface area contributed by atoms with Crippen molar-refractivity contribution < 1.29 is 9.90 Å². The van der Waals surface area contributed by atoms with Gasteiger partial charge in [-0.2, -0.15) is 0 Å². The monoisotopic (exact) mass is 242 g/mol. The third-order valence-corrected chi connectivity index (χ3v) is 3.61. The molecule has 0 saturated carbocycles. The third-order valence-electron chi connectivity index (χ3n) is 3.61. The van der Waals surface area contributed by atoms with E-state index in [0.717, 1.165) is 38.8 Å². The van der Waals surface area contributed by atoms with Crippen molar-refractivity contribution in [2.45, 2.75) is 39.5 Å². The van der Waals surface area contributed by atoms with Crippen LogP contribution in [-0.2, 0) is 4.79 Å². The Balaban J connectivity index is 2.53. The molecule has 1 amide bonds. The molecule has 0 aromatic heterocycles. The molecule has 100 valence electrons. The van der Waals surface area contributed by atoms with Crippen molar-refractivity contribution in [2.24, 2.45) is 11.3 Å². The molecule has 0 aliphatic carbocycles. The Morgan fingerprint density at radius 1 is 1.59 bits per heavy atom. The Kier molecular flexibility index (Phi) is 5.92. The van der Waals surface area contributed by atoms with Crippen LogP contribution in [0.2, 0.25) is 0 Å². The zero-order valence-corrected chi connectivity index (χ0v) is 11.1. The molecule has 0 bridgehead atoms. The predicted octanol–water partition coefficient (Wildman–Crippen LogP) is 0.901. The van der Waals surface area contributed by atoms with Crippen LogP contribution in [-0.4, -0.2) is 37.3 Å². The Labute approximate surface area is 104 Å². The summed E-state index contributed by atoms with van der Waals surface area (Å²) in [6.07, 6.45) is 4.03. The number of piperidine rings is 1. The van der Waals surface area contributed by atoms with E-state index in [-0.39, 0.29) is 23.8 Å². The van der Waals surface area contributed by atoms with Gasteiger partial charge in [0, 0.05) is 19.7 Å². The molecule has 0 spiro atoms. The highest BCUT2D eigenvalue weighted by atomic mass is 16.3. The molecule has 0 radical (unpaired) electrons. The van der Waals surface area contributed by atoms with Crippen molar-refractivity contribution >= 4 is 5.91 Å². The SMILES string of the molecule is CCCC1(C(=O)NCC(C)CO)CCCNC1. The Morgan fingerprint density at radius 2 is 2.35 bits per heavy atom. The van der Waals surface area contributed by atoms with Gasteiger partial charge in [-0.25, -0.2) is 0 Å². The van der Waals surface area contributed by atoms with Crippen molar-refractivity contribution in [3.63, 3.8) is 0 Å². The van der Waals surface area contributed by atoms with Crippen LogP contribution in [0.15, 0.2) is 0 Å². The lowest BCUT2D eigenvalue weighted by atomic mass is 9.76. The van der Waals surface area contributed by atoms with Crippen LogP contribution in [0.25, 0.3) is 0 Å². The molecule has 0 aromatic carbocycles. The van der Waals surface area contributed by atoms with Crippen LogP contribution in [0.3, 0.4) is 0 Å². The third kappa shape index (κ3) is 3.96.